The van der Waals surface area contributed by atoms with E-state index in [-0.39, 0.29) is 6.04 Å². The molecule has 1 heterocycles. The highest BCUT2D eigenvalue weighted by Gasteiger charge is 2.32. The van der Waals surface area contributed by atoms with E-state index in [0.29, 0.717) is 11.4 Å². The Kier molecular flexibility index (Phi) is 3.79. The van der Waals surface area contributed by atoms with Crippen LogP contribution >= 0.6 is 0 Å². The smallest absolute Gasteiger partial charge is 0.244 e. The lowest BCUT2D eigenvalue weighted by Gasteiger charge is -2.33. The van der Waals surface area contributed by atoms with Gasteiger partial charge in [-0.2, -0.15) is 4.31 Å². The largest absolute Gasteiger partial charge is 0.352 e. The first-order chi connectivity index (χ1) is 8.46. The van der Waals surface area contributed by atoms with Gasteiger partial charge in [-0.1, -0.05) is 6.42 Å². The molecule has 0 aromatic carbocycles. The molecular formula is C12H21N3O2S. The first-order valence-electron chi connectivity index (χ1n) is 6.24. The first kappa shape index (κ1) is 13.6. The van der Waals surface area contributed by atoms with Gasteiger partial charge in [-0.15, -0.1) is 0 Å². The highest BCUT2D eigenvalue weighted by atomic mass is 32.2. The van der Waals surface area contributed by atoms with Crippen LogP contribution in [0.2, 0.25) is 0 Å². The number of hydrogen-bond donors (Lipinski definition) is 1. The number of sulfonamides is 1. The molecule has 18 heavy (non-hydrogen) atoms. The summed E-state index contributed by atoms with van der Waals surface area (Å²) >= 11 is 0. The Hall–Kier alpha value is -0.850. The van der Waals surface area contributed by atoms with Crippen LogP contribution < -0.4 is 5.32 Å². The maximum Gasteiger partial charge on any atom is 0.244 e. The molecule has 1 aliphatic rings. The van der Waals surface area contributed by atoms with Crippen LogP contribution in [-0.2, 0) is 23.6 Å². The Balaban J connectivity index is 2.26. The third-order valence-corrected chi connectivity index (χ3v) is 5.58. The number of nitrogens with one attached hydrogen (secondary N) is 1. The Morgan fingerprint density at radius 2 is 2.17 bits per heavy atom. The zero-order valence-corrected chi connectivity index (χ0v) is 12.0. The van der Waals surface area contributed by atoms with E-state index in [1.165, 1.54) is 4.31 Å². The second-order valence-corrected chi connectivity index (χ2v) is 6.91. The van der Waals surface area contributed by atoms with E-state index in [1.54, 1.807) is 19.3 Å². The molecule has 1 aromatic heterocycles. The molecule has 1 aromatic rings. The van der Waals surface area contributed by atoms with Crippen LogP contribution in [0.1, 0.15) is 25.0 Å². The molecule has 1 fully saturated rings. The summed E-state index contributed by atoms with van der Waals surface area (Å²) in [7, 11) is 2.07. The van der Waals surface area contributed by atoms with Crippen molar-refractivity contribution in [2.75, 3.05) is 14.1 Å². The fourth-order valence-electron chi connectivity index (χ4n) is 2.19. The van der Waals surface area contributed by atoms with Crippen LogP contribution in [0.5, 0.6) is 0 Å². The van der Waals surface area contributed by atoms with Gasteiger partial charge in [0.1, 0.15) is 4.90 Å². The maximum absolute atomic E-state index is 12.4. The molecule has 0 atom stereocenters. The van der Waals surface area contributed by atoms with Crippen molar-refractivity contribution >= 4 is 10.0 Å². The standard InChI is InChI=1S/C12H21N3O2S/c1-13-8-11-7-12(9-14(11)2)18(16,17)15(3)10-5-4-6-10/h7,9-10,13H,4-6,8H2,1-3H3. The van der Waals surface area contributed by atoms with Gasteiger partial charge in [0.2, 0.25) is 10.0 Å². The molecule has 0 saturated heterocycles. The summed E-state index contributed by atoms with van der Waals surface area (Å²) < 4.78 is 28.2. The molecule has 0 amide bonds. The van der Waals surface area contributed by atoms with Crippen LogP contribution in [0.4, 0.5) is 0 Å². The summed E-state index contributed by atoms with van der Waals surface area (Å²) in [5.74, 6) is 0. The average molecular weight is 271 g/mol. The van der Waals surface area contributed by atoms with Crippen molar-refractivity contribution in [2.45, 2.75) is 36.7 Å². The van der Waals surface area contributed by atoms with Gasteiger partial charge in [-0.25, -0.2) is 8.42 Å². The molecule has 1 N–H and O–H groups in total. The van der Waals surface area contributed by atoms with Gasteiger partial charge >= 0.3 is 0 Å². The first-order valence-corrected chi connectivity index (χ1v) is 7.68. The number of aromatic nitrogens is 1. The summed E-state index contributed by atoms with van der Waals surface area (Å²) in [6.45, 7) is 0.666. The minimum atomic E-state index is -3.33. The Morgan fingerprint density at radius 1 is 1.50 bits per heavy atom. The molecule has 5 nitrogen and oxygen atoms in total. The summed E-state index contributed by atoms with van der Waals surface area (Å²) in [5.41, 5.74) is 0.970. The monoisotopic (exact) mass is 271 g/mol. The molecule has 0 bridgehead atoms. The van der Waals surface area contributed by atoms with Gasteiger partial charge in [0.15, 0.2) is 0 Å². The van der Waals surface area contributed by atoms with E-state index >= 15 is 0 Å². The Labute approximate surface area is 109 Å². The van der Waals surface area contributed by atoms with Crippen molar-refractivity contribution in [3.63, 3.8) is 0 Å². The van der Waals surface area contributed by atoms with Crippen molar-refractivity contribution in [3.8, 4) is 0 Å². The number of hydrogen-bond acceptors (Lipinski definition) is 3. The predicted octanol–water partition coefficient (Wildman–Crippen LogP) is 0.917. The third kappa shape index (κ3) is 2.32. The molecule has 102 valence electrons. The fourth-order valence-corrected chi connectivity index (χ4v) is 3.70. The quantitative estimate of drug-likeness (QED) is 0.866. The van der Waals surface area contributed by atoms with Crippen LogP contribution in [0, 0.1) is 0 Å². The minimum Gasteiger partial charge on any atom is -0.352 e. The van der Waals surface area contributed by atoms with Gasteiger partial charge in [0.05, 0.1) is 0 Å². The van der Waals surface area contributed by atoms with Crippen LogP contribution in [0.3, 0.4) is 0 Å². The SMILES string of the molecule is CNCc1cc(S(=O)(=O)N(C)C2CCC2)cn1C. The van der Waals surface area contributed by atoms with Gasteiger partial charge in [0.25, 0.3) is 0 Å². The average Bonchev–Trinajstić information content (AvgIpc) is 2.59. The molecule has 1 aliphatic carbocycles. The molecule has 0 aliphatic heterocycles. The Bertz CT molecular complexity index is 517. The van der Waals surface area contributed by atoms with Gasteiger partial charge in [0, 0.05) is 38.6 Å². The van der Waals surface area contributed by atoms with Crippen molar-refractivity contribution in [1.29, 1.82) is 0 Å². The van der Waals surface area contributed by atoms with Crippen molar-refractivity contribution in [3.05, 3.63) is 18.0 Å². The van der Waals surface area contributed by atoms with Gasteiger partial charge in [-0.05, 0) is 26.0 Å². The summed E-state index contributed by atoms with van der Waals surface area (Å²) in [6, 6.07) is 1.93. The minimum absolute atomic E-state index is 0.183. The highest BCUT2D eigenvalue weighted by molar-refractivity contribution is 7.89. The van der Waals surface area contributed by atoms with Crippen LogP contribution in [-0.4, -0.2) is 37.4 Å². The number of nitrogens with zero attached hydrogens (tertiary/aromatic N) is 2. The highest BCUT2D eigenvalue weighted by Crippen LogP contribution is 2.28. The second kappa shape index (κ2) is 5.03. The number of aryl methyl sites for hydroxylation is 1. The fraction of sp³-hybridized carbons (Fsp3) is 0.667. The topological polar surface area (TPSA) is 54.3 Å². The Morgan fingerprint density at radius 3 is 2.67 bits per heavy atom. The summed E-state index contributed by atoms with van der Waals surface area (Å²) in [6.07, 6.45) is 4.78. The lowest BCUT2D eigenvalue weighted by Crippen LogP contribution is -2.41. The molecule has 2 rings (SSSR count). The second-order valence-electron chi connectivity index (χ2n) is 4.91. The molecule has 0 unspecified atom stereocenters. The molecule has 0 spiro atoms. The van der Waals surface area contributed by atoms with Gasteiger partial charge in [-0.3, -0.25) is 0 Å². The molecular weight excluding hydrogens is 250 g/mol. The van der Waals surface area contributed by atoms with E-state index in [0.717, 1.165) is 25.0 Å². The summed E-state index contributed by atoms with van der Waals surface area (Å²) in [5, 5.41) is 3.03. The maximum atomic E-state index is 12.4. The zero-order chi connectivity index (χ0) is 13.3. The molecule has 1 saturated carbocycles. The number of rotatable bonds is 5. The molecule has 0 radical (unpaired) electrons. The van der Waals surface area contributed by atoms with Crippen LogP contribution in [0.15, 0.2) is 17.2 Å². The van der Waals surface area contributed by atoms with E-state index in [2.05, 4.69) is 5.32 Å². The van der Waals surface area contributed by atoms with Crippen LogP contribution in [0.25, 0.3) is 0 Å². The normalized spacial score (nSPS) is 17.1. The van der Waals surface area contributed by atoms with E-state index in [4.69, 9.17) is 0 Å². The zero-order valence-electron chi connectivity index (χ0n) is 11.2. The third-order valence-electron chi connectivity index (χ3n) is 3.71. The van der Waals surface area contributed by atoms with E-state index in [9.17, 15) is 8.42 Å². The van der Waals surface area contributed by atoms with Crippen molar-refractivity contribution in [1.82, 2.24) is 14.2 Å². The van der Waals surface area contributed by atoms with E-state index < -0.39 is 10.0 Å². The van der Waals surface area contributed by atoms with E-state index in [1.807, 2.05) is 18.7 Å². The predicted molar refractivity (Wildman–Crippen MR) is 70.8 cm³/mol. The lowest BCUT2D eigenvalue weighted by atomic mass is 9.94. The van der Waals surface area contributed by atoms with Crippen molar-refractivity contribution in [2.24, 2.45) is 7.05 Å². The lowest BCUT2D eigenvalue weighted by molar-refractivity contribution is 0.249. The van der Waals surface area contributed by atoms with Gasteiger partial charge < -0.3 is 9.88 Å². The van der Waals surface area contributed by atoms with Crippen molar-refractivity contribution < 1.29 is 8.42 Å². The molecule has 6 heteroatoms. The summed E-state index contributed by atoms with van der Waals surface area (Å²) in [4.78, 5) is 0.393.